The number of halogens is 2. The van der Waals surface area contributed by atoms with Gasteiger partial charge in [-0.25, -0.2) is 14.4 Å². The van der Waals surface area contributed by atoms with E-state index in [1.165, 1.54) is 24.4 Å². The van der Waals surface area contributed by atoms with Gasteiger partial charge in [-0.15, -0.1) is 10.2 Å². The van der Waals surface area contributed by atoms with Crippen molar-refractivity contribution < 1.29 is 19.1 Å². The average molecular weight is 491 g/mol. The Kier molecular flexibility index (Phi) is 5.84. The third-order valence-corrected chi connectivity index (χ3v) is 5.34. The van der Waals surface area contributed by atoms with Crippen LogP contribution < -0.4 is 4.90 Å². The van der Waals surface area contributed by atoms with Crippen LogP contribution >= 0.6 is 15.9 Å². The molecule has 0 radical (unpaired) electrons. The maximum atomic E-state index is 13.5. The van der Waals surface area contributed by atoms with Gasteiger partial charge in [-0.1, -0.05) is 0 Å². The van der Waals surface area contributed by atoms with Gasteiger partial charge in [-0.05, 0) is 39.3 Å². The first kappa shape index (κ1) is 20.8. The fourth-order valence-electron chi connectivity index (χ4n) is 3.10. The molecule has 0 saturated carbocycles. The van der Waals surface area contributed by atoms with E-state index in [9.17, 15) is 14.0 Å². The van der Waals surface area contributed by atoms with Gasteiger partial charge in [-0.3, -0.25) is 9.59 Å². The van der Waals surface area contributed by atoms with E-state index in [-0.39, 0.29) is 11.7 Å². The summed E-state index contributed by atoms with van der Waals surface area (Å²) in [4.78, 5) is 36.7. The highest BCUT2D eigenvalue weighted by Gasteiger charge is 2.25. The fourth-order valence-corrected chi connectivity index (χ4v) is 3.52. The van der Waals surface area contributed by atoms with E-state index >= 15 is 0 Å². The van der Waals surface area contributed by atoms with E-state index in [0.29, 0.717) is 47.7 Å². The minimum atomic E-state index is -1.08. The van der Waals surface area contributed by atoms with Crippen molar-refractivity contribution in [3.8, 4) is 11.5 Å². The number of carboxylic acid groups (broad SMARTS) is 1. The van der Waals surface area contributed by atoms with Crippen molar-refractivity contribution in [2.75, 3.05) is 31.1 Å². The quantitative estimate of drug-likeness (QED) is 0.557. The van der Waals surface area contributed by atoms with E-state index in [1.807, 2.05) is 4.90 Å². The third-order valence-electron chi connectivity index (χ3n) is 4.65. The predicted octanol–water partition coefficient (Wildman–Crippen LogP) is 1.08. The number of tetrazole rings is 1. The molecular weight excluding hydrogens is 475 g/mol. The van der Waals surface area contributed by atoms with Crippen LogP contribution in [0.2, 0.25) is 0 Å². The lowest BCUT2D eigenvalue weighted by Gasteiger charge is -2.35. The van der Waals surface area contributed by atoms with Gasteiger partial charge in [0, 0.05) is 30.7 Å². The van der Waals surface area contributed by atoms with Crippen LogP contribution in [0.1, 0.15) is 10.4 Å². The Bertz CT molecular complexity index is 1120. The predicted molar refractivity (Wildman–Crippen MR) is 109 cm³/mol. The van der Waals surface area contributed by atoms with Crippen molar-refractivity contribution in [3.05, 3.63) is 46.4 Å². The number of carbonyl (C=O) groups excluding carboxylic acids is 1. The summed E-state index contributed by atoms with van der Waals surface area (Å²) < 4.78 is 14.1. The first-order chi connectivity index (χ1) is 14.9. The van der Waals surface area contributed by atoms with Crippen LogP contribution in [-0.2, 0) is 11.3 Å². The molecule has 4 rings (SSSR count). The summed E-state index contributed by atoms with van der Waals surface area (Å²) in [5.41, 5.74) is 0.659. The van der Waals surface area contributed by atoms with Gasteiger partial charge in [0.2, 0.25) is 5.82 Å². The zero-order valence-corrected chi connectivity index (χ0v) is 17.6. The Labute approximate surface area is 183 Å². The van der Waals surface area contributed by atoms with Gasteiger partial charge in [0.15, 0.2) is 6.54 Å². The lowest BCUT2D eigenvalue weighted by atomic mass is 10.1. The van der Waals surface area contributed by atoms with Gasteiger partial charge >= 0.3 is 5.97 Å². The monoisotopic (exact) mass is 490 g/mol. The number of hydrogen-bond acceptors (Lipinski definition) is 8. The summed E-state index contributed by atoms with van der Waals surface area (Å²) in [7, 11) is 0. The summed E-state index contributed by atoms with van der Waals surface area (Å²) in [6.45, 7) is 1.60. The van der Waals surface area contributed by atoms with E-state index in [4.69, 9.17) is 5.11 Å². The maximum absolute atomic E-state index is 13.5. The molecule has 0 unspecified atom stereocenters. The first-order valence-corrected chi connectivity index (χ1v) is 10.0. The summed E-state index contributed by atoms with van der Waals surface area (Å²) in [6.07, 6.45) is 3.05. The molecule has 1 N–H and O–H groups in total. The van der Waals surface area contributed by atoms with Gasteiger partial charge < -0.3 is 14.9 Å². The highest BCUT2D eigenvalue weighted by molar-refractivity contribution is 9.10. The topological polar surface area (TPSA) is 130 Å². The van der Waals surface area contributed by atoms with Crippen LogP contribution in [0.4, 0.5) is 10.2 Å². The van der Waals surface area contributed by atoms with Crippen LogP contribution in [0.5, 0.6) is 0 Å². The summed E-state index contributed by atoms with van der Waals surface area (Å²) in [5, 5.41) is 20.2. The first-order valence-electron chi connectivity index (χ1n) is 9.22. The number of aliphatic carboxylic acids is 1. The molecule has 1 fully saturated rings. The van der Waals surface area contributed by atoms with Crippen molar-refractivity contribution in [1.29, 1.82) is 0 Å². The van der Waals surface area contributed by atoms with Gasteiger partial charge in [-0.2, -0.15) is 4.80 Å². The molecule has 13 heteroatoms. The molecule has 31 heavy (non-hydrogen) atoms. The number of hydrogen-bond donors (Lipinski definition) is 1. The molecule has 11 nitrogen and oxygen atoms in total. The highest BCUT2D eigenvalue weighted by atomic mass is 79.9. The second kappa shape index (κ2) is 8.71. The number of nitrogens with zero attached hydrogens (tertiary/aromatic N) is 8. The minimum Gasteiger partial charge on any atom is -0.480 e. The Morgan fingerprint density at radius 2 is 1.90 bits per heavy atom. The molecule has 0 aliphatic carbocycles. The smallest absolute Gasteiger partial charge is 0.327 e. The van der Waals surface area contributed by atoms with E-state index < -0.39 is 18.3 Å². The van der Waals surface area contributed by atoms with Crippen LogP contribution in [0.25, 0.3) is 11.5 Å². The molecule has 1 aliphatic rings. The molecular formula is C18H16BrFN8O3. The molecule has 0 bridgehead atoms. The Hall–Kier alpha value is -3.48. The van der Waals surface area contributed by atoms with Gasteiger partial charge in [0.05, 0.1) is 18.0 Å². The SMILES string of the molecule is O=C(O)Cn1nnc(-c2cnc(N3CCN(C(=O)c4cc(F)ccc4Br)CC3)cn2)n1. The van der Waals surface area contributed by atoms with Crippen molar-refractivity contribution in [3.63, 3.8) is 0 Å². The molecule has 0 atom stereocenters. The highest BCUT2D eigenvalue weighted by Crippen LogP contribution is 2.21. The van der Waals surface area contributed by atoms with Crippen LogP contribution in [0, 0.1) is 5.82 Å². The molecule has 3 aromatic rings. The zero-order valence-electron chi connectivity index (χ0n) is 16.0. The number of carboxylic acids is 1. The van der Waals surface area contributed by atoms with Crippen LogP contribution in [0.3, 0.4) is 0 Å². The number of rotatable bonds is 5. The minimum absolute atomic E-state index is 0.177. The average Bonchev–Trinajstić information content (AvgIpc) is 3.23. The zero-order chi connectivity index (χ0) is 22.0. The third kappa shape index (κ3) is 4.66. The summed E-state index contributed by atoms with van der Waals surface area (Å²) in [6, 6.07) is 4.04. The number of aromatic nitrogens is 6. The molecule has 1 aliphatic heterocycles. The number of carbonyl (C=O) groups is 2. The Balaban J connectivity index is 1.39. The largest absolute Gasteiger partial charge is 0.480 e. The fraction of sp³-hybridized carbons (Fsp3) is 0.278. The molecule has 0 spiro atoms. The van der Waals surface area contributed by atoms with E-state index in [1.54, 1.807) is 11.1 Å². The standard InChI is InChI=1S/C18H16BrFN8O3/c19-13-2-1-11(20)7-12(13)18(31)27-5-3-26(4-6-27)15-9-21-14(8-22-15)17-23-25-28(24-17)10-16(29)30/h1-2,7-9H,3-6,10H2,(H,29,30). The molecule has 1 saturated heterocycles. The van der Waals surface area contributed by atoms with Crippen molar-refractivity contribution in [2.45, 2.75) is 6.54 Å². The second-order valence-electron chi connectivity index (χ2n) is 6.70. The van der Waals surface area contributed by atoms with Crippen LogP contribution in [-0.4, -0.2) is 78.2 Å². The molecule has 160 valence electrons. The number of amides is 1. The number of benzene rings is 1. The van der Waals surface area contributed by atoms with Gasteiger partial charge in [0.1, 0.15) is 17.3 Å². The van der Waals surface area contributed by atoms with Crippen molar-refractivity contribution in [1.82, 2.24) is 35.1 Å². The molecule has 1 aromatic carbocycles. The van der Waals surface area contributed by atoms with Crippen molar-refractivity contribution in [2.24, 2.45) is 0 Å². The molecule has 2 aromatic heterocycles. The second-order valence-corrected chi connectivity index (χ2v) is 7.55. The Morgan fingerprint density at radius 3 is 2.58 bits per heavy atom. The summed E-state index contributed by atoms with van der Waals surface area (Å²) >= 11 is 3.30. The van der Waals surface area contributed by atoms with E-state index in [2.05, 4.69) is 41.3 Å². The summed E-state index contributed by atoms with van der Waals surface area (Å²) in [5.74, 6) is -0.967. The normalized spacial score (nSPS) is 14.0. The number of anilines is 1. The lowest BCUT2D eigenvalue weighted by molar-refractivity contribution is -0.138. The molecule has 3 heterocycles. The van der Waals surface area contributed by atoms with E-state index in [0.717, 1.165) is 4.80 Å². The van der Waals surface area contributed by atoms with Crippen molar-refractivity contribution >= 4 is 33.6 Å². The van der Waals surface area contributed by atoms with Crippen LogP contribution in [0.15, 0.2) is 35.1 Å². The molecule has 1 amide bonds. The van der Waals surface area contributed by atoms with Gasteiger partial charge in [0.25, 0.3) is 5.91 Å². The Morgan fingerprint density at radius 1 is 1.13 bits per heavy atom. The maximum Gasteiger partial charge on any atom is 0.327 e. The number of piperazine rings is 1. The lowest BCUT2D eigenvalue weighted by Crippen LogP contribution is -2.49.